The highest BCUT2D eigenvalue weighted by Crippen LogP contribution is 2.41. The van der Waals surface area contributed by atoms with Crippen molar-refractivity contribution in [1.29, 1.82) is 0 Å². The molecule has 0 spiro atoms. The minimum Gasteiger partial charge on any atom is -0.497 e. The van der Waals surface area contributed by atoms with Crippen LogP contribution in [-0.2, 0) is 12.8 Å². The number of nitrogens with zero attached hydrogens (tertiary/aromatic N) is 1. The lowest BCUT2D eigenvalue weighted by molar-refractivity contribution is 0.415. The van der Waals surface area contributed by atoms with Crippen molar-refractivity contribution in [1.82, 2.24) is 0 Å². The fourth-order valence-electron chi connectivity index (χ4n) is 6.95. The molecule has 0 saturated carbocycles. The van der Waals surface area contributed by atoms with Crippen LogP contribution in [0, 0.1) is 0 Å². The van der Waals surface area contributed by atoms with E-state index >= 15 is 0 Å². The van der Waals surface area contributed by atoms with E-state index in [0.717, 1.165) is 30.0 Å². The first-order valence-corrected chi connectivity index (χ1v) is 15.3. The molecule has 1 aliphatic rings. The Morgan fingerprint density at radius 2 is 1.23 bits per heavy atom. The summed E-state index contributed by atoms with van der Waals surface area (Å²) in [4.78, 5) is 2.40. The average Bonchev–Trinajstić information content (AvgIpc) is 3.07. The first kappa shape index (κ1) is 25.6. The van der Waals surface area contributed by atoms with Gasteiger partial charge >= 0.3 is 0 Å². The number of methoxy groups -OCH3 is 1. The first-order chi connectivity index (χ1) is 21.3. The molecule has 1 aliphatic carbocycles. The largest absolute Gasteiger partial charge is 0.497 e. The van der Waals surface area contributed by atoms with Crippen molar-refractivity contribution in [2.45, 2.75) is 25.7 Å². The van der Waals surface area contributed by atoms with Crippen molar-refractivity contribution in [2.75, 3.05) is 12.0 Å². The maximum atomic E-state index is 5.46. The lowest BCUT2D eigenvalue weighted by Crippen LogP contribution is -2.15. The van der Waals surface area contributed by atoms with Crippen LogP contribution in [-0.4, -0.2) is 7.11 Å². The molecule has 0 radical (unpaired) electrons. The summed E-state index contributed by atoms with van der Waals surface area (Å²) in [5.41, 5.74) is 8.95. The quantitative estimate of drug-likeness (QED) is 0.149. The van der Waals surface area contributed by atoms with Crippen molar-refractivity contribution in [2.24, 2.45) is 0 Å². The van der Waals surface area contributed by atoms with Crippen molar-refractivity contribution < 1.29 is 4.74 Å². The number of hydrogen-bond acceptors (Lipinski definition) is 2. The van der Waals surface area contributed by atoms with Crippen LogP contribution >= 0.6 is 0 Å². The van der Waals surface area contributed by atoms with Gasteiger partial charge in [0.25, 0.3) is 0 Å². The Hall–Kier alpha value is -5.08. The number of anilines is 3. The molecule has 0 fully saturated rings. The van der Waals surface area contributed by atoms with E-state index in [1.54, 1.807) is 7.11 Å². The van der Waals surface area contributed by atoms with E-state index < -0.39 is 0 Å². The van der Waals surface area contributed by atoms with Gasteiger partial charge in [-0.1, -0.05) is 91.0 Å². The van der Waals surface area contributed by atoms with Crippen LogP contribution in [0.5, 0.6) is 5.75 Å². The molecule has 7 aromatic rings. The van der Waals surface area contributed by atoms with Gasteiger partial charge < -0.3 is 9.64 Å². The fourth-order valence-corrected chi connectivity index (χ4v) is 6.95. The first-order valence-electron chi connectivity index (χ1n) is 15.3. The minimum absolute atomic E-state index is 0.867. The summed E-state index contributed by atoms with van der Waals surface area (Å²) < 4.78 is 5.46. The Labute approximate surface area is 252 Å². The Morgan fingerprint density at radius 1 is 0.581 bits per heavy atom. The van der Waals surface area contributed by atoms with Crippen molar-refractivity contribution >= 4 is 61.5 Å². The van der Waals surface area contributed by atoms with Gasteiger partial charge in [-0.2, -0.15) is 0 Å². The van der Waals surface area contributed by atoms with Gasteiger partial charge in [0.05, 0.1) is 7.11 Å². The highest BCUT2D eigenvalue weighted by atomic mass is 16.5. The molecule has 0 bridgehead atoms. The summed E-state index contributed by atoms with van der Waals surface area (Å²) in [5, 5.41) is 7.91. The van der Waals surface area contributed by atoms with Gasteiger partial charge in [-0.15, -0.1) is 0 Å². The Morgan fingerprint density at radius 3 is 2.00 bits per heavy atom. The van der Waals surface area contributed by atoms with E-state index in [1.807, 2.05) is 12.1 Å². The zero-order valence-electron chi connectivity index (χ0n) is 24.4. The maximum Gasteiger partial charge on any atom is 0.119 e. The van der Waals surface area contributed by atoms with Crippen LogP contribution in [0.2, 0.25) is 0 Å². The molecule has 0 aliphatic heterocycles. The van der Waals surface area contributed by atoms with E-state index in [-0.39, 0.29) is 0 Å². The molecule has 0 aromatic heterocycles. The van der Waals surface area contributed by atoms with E-state index in [9.17, 15) is 0 Å². The van der Waals surface area contributed by atoms with Crippen LogP contribution < -0.4 is 9.64 Å². The monoisotopic (exact) mass is 555 g/mol. The predicted molar refractivity (Wildman–Crippen MR) is 183 cm³/mol. The molecule has 43 heavy (non-hydrogen) atoms. The van der Waals surface area contributed by atoms with E-state index in [4.69, 9.17) is 4.74 Å². The van der Waals surface area contributed by atoms with Gasteiger partial charge in [0, 0.05) is 17.1 Å². The van der Waals surface area contributed by atoms with E-state index in [2.05, 4.69) is 126 Å². The zero-order chi connectivity index (χ0) is 28.8. The third-order valence-corrected chi connectivity index (χ3v) is 9.11. The molecule has 0 heterocycles. The third-order valence-electron chi connectivity index (χ3n) is 9.11. The lowest BCUT2D eigenvalue weighted by Gasteiger charge is -2.30. The van der Waals surface area contributed by atoms with E-state index in [0.29, 0.717) is 0 Å². The normalized spacial score (nSPS) is 13.2. The fraction of sp³-hybridized carbons (Fsp3) is 0.122. The van der Waals surface area contributed by atoms with Crippen molar-refractivity contribution in [3.05, 3.63) is 144 Å². The molecule has 2 heteroatoms. The number of rotatable bonds is 6. The van der Waals surface area contributed by atoms with Gasteiger partial charge in [-0.3, -0.25) is 0 Å². The Balaban J connectivity index is 1.17. The standard InChI is InChI=1S/C41H33NO/c1-43-36-25-23-35(24-26-36)42(39-11-5-7-29-6-2-3-10-37(29)39)34-21-13-28(14-22-34)12-15-30-16-17-33-19-18-31-8-4-9-32-20-27-38(30)41(33)40(31)32/h4-5,7-9,11-27H,2-3,6,10H2,1H3. The highest BCUT2D eigenvalue weighted by molar-refractivity contribution is 6.24. The molecule has 0 N–H and O–H groups in total. The molecule has 0 amide bonds. The molecule has 0 atom stereocenters. The SMILES string of the molecule is COc1ccc(N(c2ccc(C=Cc3ccc4ccc5cccc6ccc3c4c56)cc2)c2cccc3c2CCCC3)cc1. The van der Waals surface area contributed by atoms with Gasteiger partial charge in [0.1, 0.15) is 5.75 Å². The molecular formula is C41H33NO. The second-order valence-corrected chi connectivity index (χ2v) is 11.6. The van der Waals surface area contributed by atoms with Gasteiger partial charge in [0.2, 0.25) is 0 Å². The highest BCUT2D eigenvalue weighted by Gasteiger charge is 2.20. The number of aryl methyl sites for hydroxylation is 1. The van der Waals surface area contributed by atoms with Crippen LogP contribution in [0.3, 0.4) is 0 Å². The van der Waals surface area contributed by atoms with Crippen LogP contribution in [0.1, 0.15) is 35.1 Å². The average molecular weight is 556 g/mol. The second-order valence-electron chi connectivity index (χ2n) is 11.6. The maximum absolute atomic E-state index is 5.46. The molecule has 2 nitrogen and oxygen atoms in total. The summed E-state index contributed by atoms with van der Waals surface area (Å²) >= 11 is 0. The molecule has 8 rings (SSSR count). The molecule has 0 unspecified atom stereocenters. The lowest BCUT2D eigenvalue weighted by atomic mass is 9.90. The topological polar surface area (TPSA) is 12.5 Å². The molecule has 0 saturated heterocycles. The minimum atomic E-state index is 0.867. The molecule has 208 valence electrons. The van der Waals surface area contributed by atoms with Crippen molar-refractivity contribution in [3.63, 3.8) is 0 Å². The summed E-state index contributed by atoms with van der Waals surface area (Å²) in [6, 6.07) is 44.2. The number of ether oxygens (including phenoxy) is 1. The van der Waals surface area contributed by atoms with Crippen molar-refractivity contribution in [3.8, 4) is 5.75 Å². The Bertz CT molecular complexity index is 2090. The summed E-state index contributed by atoms with van der Waals surface area (Å²) in [5.74, 6) is 0.867. The van der Waals surface area contributed by atoms with Crippen LogP contribution in [0.4, 0.5) is 17.1 Å². The predicted octanol–water partition coefficient (Wildman–Crippen LogP) is 11.1. The van der Waals surface area contributed by atoms with Gasteiger partial charge in [-0.25, -0.2) is 0 Å². The summed E-state index contributed by atoms with van der Waals surface area (Å²) in [6.07, 6.45) is 9.29. The molecule has 7 aromatic carbocycles. The van der Waals surface area contributed by atoms with Crippen LogP contribution in [0.25, 0.3) is 44.5 Å². The van der Waals surface area contributed by atoms with Crippen LogP contribution in [0.15, 0.2) is 121 Å². The van der Waals surface area contributed by atoms with Gasteiger partial charge in [0.15, 0.2) is 0 Å². The molecular weight excluding hydrogens is 522 g/mol. The number of benzene rings is 7. The second kappa shape index (κ2) is 10.6. The zero-order valence-corrected chi connectivity index (χ0v) is 24.4. The van der Waals surface area contributed by atoms with Gasteiger partial charge in [-0.05, 0) is 123 Å². The summed E-state index contributed by atoms with van der Waals surface area (Å²) in [6.45, 7) is 0. The number of fused-ring (bicyclic) bond motifs is 1. The smallest absolute Gasteiger partial charge is 0.119 e. The third kappa shape index (κ3) is 4.51. The van der Waals surface area contributed by atoms with E-state index in [1.165, 1.54) is 73.1 Å². The summed E-state index contributed by atoms with van der Waals surface area (Å²) in [7, 11) is 1.72. The number of hydrogen-bond donors (Lipinski definition) is 0. The Kier molecular flexibility index (Phi) is 6.34.